The second-order valence-electron chi connectivity index (χ2n) is 10.6. The zero-order valence-electron chi connectivity index (χ0n) is 22.1. The molecule has 0 saturated carbocycles. The van der Waals surface area contributed by atoms with Crippen molar-refractivity contribution in [3.05, 3.63) is 65.7 Å². The Labute approximate surface area is 232 Å². The number of oxime groups is 1. The Kier molecular flexibility index (Phi) is 8.21. The highest BCUT2D eigenvalue weighted by molar-refractivity contribution is 7.89. The highest BCUT2D eigenvalue weighted by atomic mass is 32.2. The first-order valence-corrected chi connectivity index (χ1v) is 15.0. The smallest absolute Gasteiger partial charge is 0.388 e. The van der Waals surface area contributed by atoms with Crippen molar-refractivity contribution >= 4 is 21.6 Å². The lowest BCUT2D eigenvalue weighted by atomic mass is 9.87. The number of nitrogens with zero attached hydrogens (tertiary/aromatic N) is 4. The van der Waals surface area contributed by atoms with Crippen LogP contribution in [0.25, 0.3) is 0 Å². The van der Waals surface area contributed by atoms with E-state index in [4.69, 9.17) is 4.84 Å². The number of halogens is 3. The topological polar surface area (TPSA) is 82.5 Å². The summed E-state index contributed by atoms with van der Waals surface area (Å²) in [6.45, 7) is 4.08. The molecule has 5 rings (SSSR count). The molecule has 40 heavy (non-hydrogen) atoms. The third-order valence-electron chi connectivity index (χ3n) is 7.98. The molecule has 1 spiro atoms. The number of hydrogen-bond donors (Lipinski definition) is 0. The zero-order chi connectivity index (χ0) is 28.4. The molecule has 3 aliphatic heterocycles. The quantitative estimate of drug-likeness (QED) is 0.500. The van der Waals surface area contributed by atoms with Crippen molar-refractivity contribution in [1.29, 1.82) is 0 Å². The Morgan fingerprint density at radius 3 is 2.20 bits per heavy atom. The van der Waals surface area contributed by atoms with E-state index in [0.717, 1.165) is 56.7 Å². The van der Waals surface area contributed by atoms with Gasteiger partial charge in [0.2, 0.25) is 10.0 Å². The second kappa shape index (κ2) is 11.5. The summed E-state index contributed by atoms with van der Waals surface area (Å²) in [6.07, 6.45) is -1.46. The van der Waals surface area contributed by atoms with E-state index in [1.54, 1.807) is 4.90 Å². The van der Waals surface area contributed by atoms with Crippen LogP contribution < -0.4 is 0 Å². The van der Waals surface area contributed by atoms with E-state index in [-0.39, 0.29) is 23.9 Å². The van der Waals surface area contributed by atoms with Crippen molar-refractivity contribution in [2.75, 3.05) is 45.8 Å². The molecule has 2 fully saturated rings. The molecule has 0 unspecified atom stereocenters. The Balaban J connectivity index is 1.08. The number of amides is 1. The summed E-state index contributed by atoms with van der Waals surface area (Å²) in [6, 6.07) is 13.9. The van der Waals surface area contributed by atoms with Crippen LogP contribution in [-0.2, 0) is 32.3 Å². The first-order valence-electron chi connectivity index (χ1n) is 13.5. The lowest BCUT2D eigenvalue weighted by molar-refractivity contribution is -0.137. The van der Waals surface area contributed by atoms with E-state index in [1.165, 1.54) is 9.87 Å². The maximum absolute atomic E-state index is 13.1. The number of piperazine rings is 1. The lowest BCUT2D eigenvalue weighted by Gasteiger charge is -2.37. The number of alkyl halides is 3. The van der Waals surface area contributed by atoms with Crippen LogP contribution in [0.3, 0.4) is 0 Å². The minimum absolute atomic E-state index is 0.127. The maximum atomic E-state index is 13.1. The summed E-state index contributed by atoms with van der Waals surface area (Å²) < 4.78 is 65.8. The van der Waals surface area contributed by atoms with E-state index in [2.05, 4.69) is 22.2 Å². The summed E-state index contributed by atoms with van der Waals surface area (Å²) in [5.74, 6) is -0.138. The average molecular weight is 579 g/mol. The largest absolute Gasteiger partial charge is 0.416 e. The van der Waals surface area contributed by atoms with Gasteiger partial charge in [-0.2, -0.15) is 17.5 Å². The Bertz CT molecular complexity index is 1320. The summed E-state index contributed by atoms with van der Waals surface area (Å²) in [7, 11) is -3.95. The molecule has 216 valence electrons. The van der Waals surface area contributed by atoms with E-state index in [1.807, 2.05) is 18.2 Å². The molecular weight excluding hydrogens is 545 g/mol. The molecular formula is C28H33F3N4O4S. The molecule has 0 aliphatic carbocycles. The number of hydrogen-bond acceptors (Lipinski definition) is 6. The summed E-state index contributed by atoms with van der Waals surface area (Å²) in [5.41, 5.74) is 0.0439. The van der Waals surface area contributed by atoms with Gasteiger partial charge in [-0.25, -0.2) is 8.42 Å². The first-order chi connectivity index (χ1) is 19.1. The van der Waals surface area contributed by atoms with E-state index >= 15 is 0 Å². The minimum atomic E-state index is -4.54. The van der Waals surface area contributed by atoms with Crippen molar-refractivity contribution < 1.29 is 31.2 Å². The molecule has 0 aromatic heterocycles. The summed E-state index contributed by atoms with van der Waals surface area (Å²) >= 11 is 0. The van der Waals surface area contributed by atoms with Crippen LogP contribution in [0.15, 0.2) is 64.6 Å². The van der Waals surface area contributed by atoms with Crippen LogP contribution in [-0.4, -0.2) is 85.6 Å². The van der Waals surface area contributed by atoms with Gasteiger partial charge in [-0.15, -0.1) is 0 Å². The molecule has 0 N–H and O–H groups in total. The van der Waals surface area contributed by atoms with Gasteiger partial charge in [0.25, 0.3) is 5.91 Å². The van der Waals surface area contributed by atoms with Crippen LogP contribution in [0.2, 0.25) is 0 Å². The van der Waals surface area contributed by atoms with Gasteiger partial charge in [-0.3, -0.25) is 9.69 Å². The number of carbonyl (C=O) groups is 1. The average Bonchev–Trinajstić information content (AvgIpc) is 3.36. The van der Waals surface area contributed by atoms with Gasteiger partial charge in [0.15, 0.2) is 0 Å². The van der Waals surface area contributed by atoms with Crippen LogP contribution in [0, 0.1) is 0 Å². The molecule has 1 amide bonds. The fourth-order valence-electron chi connectivity index (χ4n) is 5.51. The number of piperidine rings is 1. The van der Waals surface area contributed by atoms with E-state index in [0.29, 0.717) is 38.1 Å². The Morgan fingerprint density at radius 2 is 1.57 bits per heavy atom. The number of sulfonamides is 1. The highest BCUT2D eigenvalue weighted by Crippen LogP contribution is 2.37. The zero-order valence-corrected chi connectivity index (χ0v) is 23.0. The van der Waals surface area contributed by atoms with Gasteiger partial charge in [-0.1, -0.05) is 35.5 Å². The molecule has 0 atom stereocenters. The molecule has 0 bridgehead atoms. The number of aryl methyl sites for hydroxylation is 1. The van der Waals surface area contributed by atoms with Crippen molar-refractivity contribution in [3.8, 4) is 0 Å². The summed E-state index contributed by atoms with van der Waals surface area (Å²) in [4.78, 5) is 22.9. The Hall–Kier alpha value is -2.96. The van der Waals surface area contributed by atoms with Gasteiger partial charge in [-0.05, 0) is 49.2 Å². The summed E-state index contributed by atoms with van der Waals surface area (Å²) in [5, 5.41) is 4.11. The molecule has 2 aromatic rings. The van der Waals surface area contributed by atoms with Gasteiger partial charge in [0, 0.05) is 58.5 Å². The Morgan fingerprint density at radius 1 is 0.925 bits per heavy atom. The van der Waals surface area contributed by atoms with E-state index < -0.39 is 27.4 Å². The van der Waals surface area contributed by atoms with Crippen LogP contribution in [0.4, 0.5) is 13.2 Å². The molecule has 0 radical (unpaired) electrons. The number of carbonyl (C=O) groups excluding carboxylic acids is 1. The molecule has 3 aliphatic rings. The predicted molar refractivity (Wildman–Crippen MR) is 143 cm³/mol. The first kappa shape index (κ1) is 28.6. The van der Waals surface area contributed by atoms with Crippen molar-refractivity contribution in [1.82, 2.24) is 14.1 Å². The standard InChI is InChI=1S/C28H33F3N4O4S/c29-28(30,31)23-8-10-24(11-9-23)40(37,38)35-15-12-27(13-16-35)21-25(32-39-27)26(36)34-19-17-33(18-20-34)14-4-7-22-5-2-1-3-6-22/h1-3,5-6,8-11H,4,7,12-21H2. The van der Waals surface area contributed by atoms with Crippen molar-refractivity contribution in [2.24, 2.45) is 5.16 Å². The monoisotopic (exact) mass is 578 g/mol. The van der Waals surface area contributed by atoms with Gasteiger partial charge in [0.05, 0.1) is 10.5 Å². The molecule has 12 heteroatoms. The molecule has 2 saturated heterocycles. The second-order valence-corrected chi connectivity index (χ2v) is 12.6. The third-order valence-corrected chi connectivity index (χ3v) is 9.89. The number of rotatable bonds is 7. The van der Waals surface area contributed by atoms with Gasteiger partial charge >= 0.3 is 6.18 Å². The van der Waals surface area contributed by atoms with Gasteiger partial charge in [0.1, 0.15) is 11.3 Å². The maximum Gasteiger partial charge on any atom is 0.416 e. The number of benzene rings is 2. The van der Waals surface area contributed by atoms with Crippen LogP contribution >= 0.6 is 0 Å². The predicted octanol–water partition coefficient (Wildman–Crippen LogP) is 3.78. The lowest BCUT2D eigenvalue weighted by Crippen LogP contribution is -2.51. The highest BCUT2D eigenvalue weighted by Gasteiger charge is 2.46. The fraction of sp³-hybridized carbons (Fsp3) is 0.500. The third kappa shape index (κ3) is 6.34. The SMILES string of the molecule is O=C(C1=NOC2(CCN(S(=O)(=O)c3ccc(C(F)(F)F)cc3)CC2)C1)N1CCN(CCCc2ccccc2)CC1. The molecule has 3 heterocycles. The minimum Gasteiger partial charge on any atom is -0.388 e. The van der Waals surface area contributed by atoms with Crippen molar-refractivity contribution in [2.45, 2.75) is 48.8 Å². The normalized spacial score (nSPS) is 20.4. The van der Waals surface area contributed by atoms with Crippen molar-refractivity contribution in [3.63, 3.8) is 0 Å². The fourth-order valence-corrected chi connectivity index (χ4v) is 6.95. The van der Waals surface area contributed by atoms with Crippen LogP contribution in [0.5, 0.6) is 0 Å². The van der Waals surface area contributed by atoms with Crippen LogP contribution in [0.1, 0.15) is 36.8 Å². The van der Waals surface area contributed by atoms with Gasteiger partial charge < -0.3 is 9.74 Å². The van der Waals surface area contributed by atoms with E-state index in [9.17, 15) is 26.4 Å². The molecule has 8 nitrogen and oxygen atoms in total. The molecule has 2 aromatic carbocycles.